The lowest BCUT2D eigenvalue weighted by Gasteiger charge is -2.39. The minimum atomic E-state index is -0.882. The molecule has 0 bridgehead atoms. The number of carbonyl (C=O) groups excluding carboxylic acids is 1. The number of carboxylic acid groups (broad SMARTS) is 1. The molecule has 2 amide bonds. The number of nitrogens with one attached hydrogen (secondary N) is 1. The van der Waals surface area contributed by atoms with Crippen molar-refractivity contribution >= 4 is 23.8 Å². The van der Waals surface area contributed by atoms with E-state index < -0.39 is 11.4 Å². The van der Waals surface area contributed by atoms with Crippen LogP contribution in [-0.2, 0) is 9.53 Å². The van der Waals surface area contributed by atoms with Gasteiger partial charge in [-0.15, -0.1) is 0 Å². The third-order valence-electron chi connectivity index (χ3n) is 4.63. The zero-order chi connectivity index (χ0) is 15.5. The maximum Gasteiger partial charge on any atom is 0.317 e. The van der Waals surface area contributed by atoms with Crippen LogP contribution in [0.3, 0.4) is 0 Å². The molecule has 2 heterocycles. The van der Waals surface area contributed by atoms with Gasteiger partial charge in [-0.3, -0.25) is 4.79 Å². The Balaban J connectivity index is 1.94. The van der Waals surface area contributed by atoms with Gasteiger partial charge in [0, 0.05) is 43.3 Å². The van der Waals surface area contributed by atoms with Crippen LogP contribution in [0.15, 0.2) is 0 Å². The van der Waals surface area contributed by atoms with Crippen molar-refractivity contribution in [2.24, 2.45) is 5.41 Å². The highest BCUT2D eigenvalue weighted by atomic mass is 32.2. The van der Waals surface area contributed by atoms with Crippen molar-refractivity contribution in [3.05, 3.63) is 0 Å². The first-order valence-corrected chi connectivity index (χ1v) is 8.48. The van der Waals surface area contributed by atoms with E-state index in [1.54, 1.807) is 0 Å². The van der Waals surface area contributed by atoms with Crippen molar-refractivity contribution in [2.75, 3.05) is 32.1 Å². The summed E-state index contributed by atoms with van der Waals surface area (Å²) >= 11 is 1.87. The van der Waals surface area contributed by atoms with E-state index in [4.69, 9.17) is 4.74 Å². The normalized spacial score (nSPS) is 29.0. The molecule has 2 aliphatic heterocycles. The lowest BCUT2D eigenvalue weighted by atomic mass is 9.80. The van der Waals surface area contributed by atoms with Gasteiger partial charge in [0.05, 0.1) is 5.41 Å². The molecule has 2 rings (SSSR count). The van der Waals surface area contributed by atoms with Crippen molar-refractivity contribution in [1.29, 1.82) is 0 Å². The zero-order valence-electron chi connectivity index (χ0n) is 12.6. The Morgan fingerprint density at radius 3 is 2.67 bits per heavy atom. The Kier molecular flexibility index (Phi) is 5.37. The van der Waals surface area contributed by atoms with E-state index in [-0.39, 0.29) is 18.6 Å². The summed E-state index contributed by atoms with van der Waals surface area (Å²) in [6, 6.07) is 0.0148. The number of carbonyl (C=O) groups is 2. The van der Waals surface area contributed by atoms with Crippen LogP contribution in [0, 0.1) is 5.41 Å². The molecule has 6 nitrogen and oxygen atoms in total. The summed E-state index contributed by atoms with van der Waals surface area (Å²) in [6.07, 6.45) is 0.898. The monoisotopic (exact) mass is 316 g/mol. The Morgan fingerprint density at radius 2 is 2.05 bits per heavy atom. The van der Waals surface area contributed by atoms with Gasteiger partial charge in [0.25, 0.3) is 0 Å². The highest BCUT2D eigenvalue weighted by Crippen LogP contribution is 2.30. The van der Waals surface area contributed by atoms with Crippen molar-refractivity contribution in [1.82, 2.24) is 10.2 Å². The number of rotatable bonds is 3. The molecule has 2 saturated heterocycles. The molecule has 2 fully saturated rings. The summed E-state index contributed by atoms with van der Waals surface area (Å²) < 4.78 is 5.24. The molecule has 0 aromatic heterocycles. The van der Waals surface area contributed by atoms with Gasteiger partial charge in [0.1, 0.15) is 0 Å². The van der Waals surface area contributed by atoms with E-state index in [1.807, 2.05) is 23.6 Å². The maximum atomic E-state index is 12.3. The topological polar surface area (TPSA) is 78.9 Å². The number of urea groups is 1. The Morgan fingerprint density at radius 1 is 1.38 bits per heavy atom. The molecule has 0 saturated carbocycles. The second kappa shape index (κ2) is 6.87. The summed E-state index contributed by atoms with van der Waals surface area (Å²) in [7, 11) is 0. The van der Waals surface area contributed by atoms with Crippen LogP contribution in [0.2, 0.25) is 0 Å². The number of nitrogens with zero attached hydrogens (tertiary/aromatic N) is 1. The van der Waals surface area contributed by atoms with Crippen molar-refractivity contribution in [2.45, 2.75) is 38.0 Å². The lowest BCUT2D eigenvalue weighted by Crippen LogP contribution is -2.55. The summed E-state index contributed by atoms with van der Waals surface area (Å²) in [4.78, 5) is 25.7. The van der Waals surface area contributed by atoms with E-state index in [1.165, 1.54) is 0 Å². The van der Waals surface area contributed by atoms with Crippen LogP contribution < -0.4 is 5.32 Å². The first-order chi connectivity index (χ1) is 9.96. The van der Waals surface area contributed by atoms with Crippen LogP contribution in [0.25, 0.3) is 0 Å². The third-order valence-corrected chi connectivity index (χ3v) is 5.96. The molecule has 2 N–H and O–H groups in total. The van der Waals surface area contributed by atoms with Gasteiger partial charge < -0.3 is 20.1 Å². The van der Waals surface area contributed by atoms with Crippen LogP contribution >= 0.6 is 11.8 Å². The number of thioether (sulfide) groups is 1. The Bertz CT molecular complexity index is 398. The minimum absolute atomic E-state index is 0.151. The largest absolute Gasteiger partial charge is 0.481 e. The molecule has 0 aromatic carbocycles. The van der Waals surface area contributed by atoms with Gasteiger partial charge >= 0.3 is 12.0 Å². The van der Waals surface area contributed by atoms with Gasteiger partial charge in [-0.1, -0.05) is 6.92 Å². The van der Waals surface area contributed by atoms with Crippen molar-refractivity contribution in [3.8, 4) is 0 Å². The quantitative estimate of drug-likeness (QED) is 0.823. The molecular formula is C14H24N2O4S. The molecule has 120 valence electrons. The molecular weight excluding hydrogens is 292 g/mol. The third kappa shape index (κ3) is 3.63. The van der Waals surface area contributed by atoms with Crippen LogP contribution in [-0.4, -0.2) is 65.4 Å². The van der Waals surface area contributed by atoms with Crippen LogP contribution in [0.5, 0.6) is 0 Å². The summed E-state index contributed by atoms with van der Waals surface area (Å²) in [6.45, 7) is 5.93. The van der Waals surface area contributed by atoms with Crippen molar-refractivity contribution in [3.63, 3.8) is 0 Å². The molecule has 0 aliphatic carbocycles. The van der Waals surface area contributed by atoms with Gasteiger partial charge in [0.2, 0.25) is 0 Å². The maximum absolute atomic E-state index is 12.3. The number of hydrogen-bond donors (Lipinski definition) is 2. The van der Waals surface area contributed by atoms with Gasteiger partial charge in [-0.05, 0) is 19.8 Å². The molecule has 0 radical (unpaired) electrons. The summed E-state index contributed by atoms with van der Waals surface area (Å²) in [5.74, 6) is 0.0818. The average Bonchev–Trinajstić information content (AvgIpc) is 2.48. The fourth-order valence-corrected chi connectivity index (χ4v) is 3.89. The average molecular weight is 316 g/mol. The predicted molar refractivity (Wildman–Crippen MR) is 81.6 cm³/mol. The fourth-order valence-electron chi connectivity index (χ4n) is 2.79. The smallest absolute Gasteiger partial charge is 0.317 e. The number of hydrogen-bond acceptors (Lipinski definition) is 4. The number of amides is 2. The summed E-state index contributed by atoms with van der Waals surface area (Å²) in [5.41, 5.74) is -0.882. The molecule has 2 atom stereocenters. The minimum Gasteiger partial charge on any atom is -0.481 e. The fraction of sp³-hybridized carbons (Fsp3) is 0.857. The Labute approximate surface area is 129 Å². The standard InChI is InChI=1S/C14H24N2O4S/c1-10-11(2)21-8-5-16(10)13(19)15-9-14(12(17)18)3-6-20-7-4-14/h10-11H,3-9H2,1-2H3,(H,15,19)(H,17,18). The van der Waals surface area contributed by atoms with Gasteiger partial charge in [0.15, 0.2) is 0 Å². The van der Waals surface area contributed by atoms with E-state index >= 15 is 0 Å². The summed E-state index contributed by atoms with van der Waals surface area (Å²) in [5, 5.41) is 12.7. The van der Waals surface area contributed by atoms with Crippen LogP contribution in [0.4, 0.5) is 4.79 Å². The lowest BCUT2D eigenvalue weighted by molar-refractivity contribution is -0.154. The first kappa shape index (κ1) is 16.4. The van der Waals surface area contributed by atoms with Crippen LogP contribution in [0.1, 0.15) is 26.7 Å². The molecule has 0 aromatic rings. The second-order valence-corrected chi connectivity index (χ2v) is 7.35. The predicted octanol–water partition coefficient (Wildman–Crippen LogP) is 1.40. The van der Waals surface area contributed by atoms with E-state index in [9.17, 15) is 14.7 Å². The number of aliphatic carboxylic acids is 1. The van der Waals surface area contributed by atoms with E-state index in [2.05, 4.69) is 12.2 Å². The molecule has 21 heavy (non-hydrogen) atoms. The SMILES string of the molecule is CC1SCCN(C(=O)NCC2(C(=O)O)CCOCC2)C1C. The highest BCUT2D eigenvalue weighted by molar-refractivity contribution is 8.00. The van der Waals surface area contributed by atoms with E-state index in [0.717, 1.165) is 5.75 Å². The molecule has 2 aliphatic rings. The van der Waals surface area contributed by atoms with E-state index in [0.29, 0.717) is 37.9 Å². The molecule has 7 heteroatoms. The molecule has 2 unspecified atom stereocenters. The van der Waals surface area contributed by atoms with Gasteiger partial charge in [-0.25, -0.2) is 4.79 Å². The number of carboxylic acids is 1. The first-order valence-electron chi connectivity index (χ1n) is 7.43. The van der Waals surface area contributed by atoms with Gasteiger partial charge in [-0.2, -0.15) is 11.8 Å². The molecule has 0 spiro atoms. The zero-order valence-corrected chi connectivity index (χ0v) is 13.4. The number of ether oxygens (including phenoxy) is 1. The Hall–Kier alpha value is -0.950. The second-order valence-electron chi connectivity index (χ2n) is 5.87. The van der Waals surface area contributed by atoms with Crippen molar-refractivity contribution < 1.29 is 19.4 Å². The highest BCUT2D eigenvalue weighted by Gasteiger charge is 2.41.